The average Bonchev–Trinajstić information content (AvgIpc) is 2.76. The number of rotatable bonds is 7. The van der Waals surface area contributed by atoms with Gasteiger partial charge in [0.25, 0.3) is 11.8 Å². The lowest BCUT2D eigenvalue weighted by Gasteiger charge is -2.21. The quantitative estimate of drug-likeness (QED) is 0.504. The first-order valence-corrected chi connectivity index (χ1v) is 10.7. The van der Waals surface area contributed by atoms with Gasteiger partial charge in [-0.1, -0.05) is 35.9 Å². The highest BCUT2D eigenvalue weighted by molar-refractivity contribution is 6.32. The summed E-state index contributed by atoms with van der Waals surface area (Å²) in [7, 11) is 2.96. The SMILES string of the molecule is COc1cc(NC(=O)c2cc3ccccc3cc2OCC(=O)NC(C)(C)C)c(OC)cc1Cl. The molecule has 0 saturated heterocycles. The topological polar surface area (TPSA) is 85.9 Å². The maximum absolute atomic E-state index is 13.3. The van der Waals surface area contributed by atoms with Crippen LogP contribution >= 0.6 is 11.6 Å². The minimum absolute atomic E-state index is 0.228. The predicted molar refractivity (Wildman–Crippen MR) is 130 cm³/mol. The van der Waals surface area contributed by atoms with Crippen LogP contribution in [0.15, 0.2) is 48.5 Å². The van der Waals surface area contributed by atoms with Gasteiger partial charge in [-0.3, -0.25) is 9.59 Å². The Balaban J connectivity index is 1.95. The maximum Gasteiger partial charge on any atom is 0.259 e. The van der Waals surface area contributed by atoms with Gasteiger partial charge in [0.15, 0.2) is 6.61 Å². The van der Waals surface area contributed by atoms with Gasteiger partial charge in [0, 0.05) is 17.7 Å². The number of fused-ring (bicyclic) bond motifs is 1. The number of amides is 2. The normalized spacial score (nSPS) is 11.1. The van der Waals surface area contributed by atoms with Crippen LogP contribution in [-0.2, 0) is 4.79 Å². The Morgan fingerprint density at radius 1 is 0.909 bits per heavy atom. The first kappa shape index (κ1) is 24.2. The molecule has 3 aromatic rings. The smallest absolute Gasteiger partial charge is 0.259 e. The summed E-state index contributed by atoms with van der Waals surface area (Å²) < 4.78 is 16.4. The summed E-state index contributed by atoms with van der Waals surface area (Å²) in [6.45, 7) is 5.42. The minimum Gasteiger partial charge on any atom is -0.495 e. The number of nitrogens with one attached hydrogen (secondary N) is 2. The predicted octanol–water partition coefficient (Wildman–Crippen LogP) is 5.06. The van der Waals surface area contributed by atoms with E-state index in [0.29, 0.717) is 22.2 Å². The van der Waals surface area contributed by atoms with E-state index in [0.717, 1.165) is 10.8 Å². The van der Waals surface area contributed by atoms with Crippen LogP contribution in [0.1, 0.15) is 31.1 Å². The number of methoxy groups -OCH3 is 2. The number of ether oxygens (including phenoxy) is 3. The van der Waals surface area contributed by atoms with Crippen molar-refractivity contribution in [3.05, 3.63) is 59.1 Å². The second-order valence-corrected chi connectivity index (χ2v) is 8.83. The van der Waals surface area contributed by atoms with Gasteiger partial charge in [-0.25, -0.2) is 0 Å². The Morgan fingerprint density at radius 3 is 2.15 bits per heavy atom. The van der Waals surface area contributed by atoms with E-state index in [1.54, 1.807) is 24.3 Å². The number of carbonyl (C=O) groups is 2. The Kier molecular flexibility index (Phi) is 7.33. The summed E-state index contributed by atoms with van der Waals surface area (Å²) >= 11 is 6.17. The van der Waals surface area contributed by atoms with Crippen LogP contribution < -0.4 is 24.8 Å². The van der Waals surface area contributed by atoms with E-state index in [1.807, 2.05) is 45.0 Å². The van der Waals surface area contributed by atoms with Crippen LogP contribution in [0, 0.1) is 0 Å². The number of anilines is 1. The zero-order valence-electron chi connectivity index (χ0n) is 19.2. The summed E-state index contributed by atoms with van der Waals surface area (Å²) in [5.74, 6) is 0.333. The van der Waals surface area contributed by atoms with Crippen molar-refractivity contribution in [3.63, 3.8) is 0 Å². The van der Waals surface area contributed by atoms with E-state index < -0.39 is 11.4 Å². The van der Waals surface area contributed by atoms with Crippen molar-refractivity contribution in [1.82, 2.24) is 5.32 Å². The standard InChI is InChI=1S/C25H27ClN2O5/c1-25(2,3)28-23(29)14-33-20-11-16-9-7-6-8-15(16)10-17(20)24(30)27-19-13-21(31-4)18(26)12-22(19)32-5/h6-13H,14H2,1-5H3,(H,27,30)(H,28,29). The van der Waals surface area contributed by atoms with Gasteiger partial charge in [0.05, 0.1) is 30.5 Å². The highest BCUT2D eigenvalue weighted by Gasteiger charge is 2.20. The lowest BCUT2D eigenvalue weighted by molar-refractivity contribution is -0.124. The second-order valence-electron chi connectivity index (χ2n) is 8.42. The second kappa shape index (κ2) is 10.0. The first-order valence-electron chi connectivity index (χ1n) is 10.3. The van der Waals surface area contributed by atoms with E-state index in [4.69, 9.17) is 25.8 Å². The minimum atomic E-state index is -0.436. The molecular formula is C25H27ClN2O5. The van der Waals surface area contributed by atoms with Crippen LogP contribution in [0.25, 0.3) is 10.8 Å². The molecule has 0 heterocycles. The van der Waals surface area contributed by atoms with Gasteiger partial charge in [-0.15, -0.1) is 0 Å². The number of halogens is 1. The lowest BCUT2D eigenvalue weighted by Crippen LogP contribution is -2.43. The lowest BCUT2D eigenvalue weighted by atomic mass is 10.0. The molecule has 0 radical (unpaired) electrons. The number of carbonyl (C=O) groups excluding carboxylic acids is 2. The van der Waals surface area contributed by atoms with E-state index >= 15 is 0 Å². The molecule has 0 aromatic heterocycles. The van der Waals surface area contributed by atoms with Gasteiger partial charge in [0.1, 0.15) is 17.2 Å². The molecule has 0 saturated carbocycles. The fourth-order valence-corrected chi connectivity index (χ4v) is 3.49. The molecule has 0 atom stereocenters. The van der Waals surface area contributed by atoms with E-state index in [-0.39, 0.29) is 23.8 Å². The van der Waals surface area contributed by atoms with Gasteiger partial charge in [-0.05, 0) is 43.7 Å². The molecule has 3 rings (SSSR count). The number of benzene rings is 3. The summed E-state index contributed by atoms with van der Waals surface area (Å²) in [4.78, 5) is 25.6. The molecule has 2 amide bonds. The molecule has 0 aliphatic carbocycles. The molecule has 2 N–H and O–H groups in total. The van der Waals surface area contributed by atoms with Crippen LogP contribution in [0.5, 0.6) is 17.2 Å². The highest BCUT2D eigenvalue weighted by Crippen LogP contribution is 2.36. The Labute approximate surface area is 198 Å². The van der Waals surface area contributed by atoms with Gasteiger partial charge in [0.2, 0.25) is 0 Å². The van der Waals surface area contributed by atoms with E-state index in [2.05, 4.69) is 10.6 Å². The van der Waals surface area contributed by atoms with Crippen molar-refractivity contribution in [1.29, 1.82) is 0 Å². The van der Waals surface area contributed by atoms with Gasteiger partial charge in [-0.2, -0.15) is 0 Å². The monoisotopic (exact) mass is 470 g/mol. The third-order valence-electron chi connectivity index (χ3n) is 4.69. The van der Waals surface area contributed by atoms with Gasteiger partial charge < -0.3 is 24.8 Å². The summed E-state index contributed by atoms with van der Waals surface area (Å²) in [5.41, 5.74) is 0.260. The van der Waals surface area contributed by atoms with Crippen LogP contribution in [0.2, 0.25) is 5.02 Å². The van der Waals surface area contributed by atoms with Crippen molar-refractivity contribution in [2.24, 2.45) is 0 Å². The van der Waals surface area contributed by atoms with Crippen LogP contribution in [0.4, 0.5) is 5.69 Å². The summed E-state index contributed by atoms with van der Waals surface area (Å²) in [6, 6.07) is 14.2. The molecule has 33 heavy (non-hydrogen) atoms. The summed E-state index contributed by atoms with van der Waals surface area (Å²) in [6.07, 6.45) is 0. The molecule has 0 fully saturated rings. The molecule has 0 aliphatic rings. The molecule has 0 bridgehead atoms. The van der Waals surface area contributed by atoms with Crippen LogP contribution in [0.3, 0.4) is 0 Å². The van der Waals surface area contributed by atoms with E-state index in [9.17, 15) is 9.59 Å². The fraction of sp³-hybridized carbons (Fsp3) is 0.280. The van der Waals surface area contributed by atoms with Crippen LogP contribution in [-0.4, -0.2) is 38.2 Å². The third-order valence-corrected chi connectivity index (χ3v) is 4.98. The van der Waals surface area contributed by atoms with E-state index in [1.165, 1.54) is 14.2 Å². The van der Waals surface area contributed by atoms with Crippen molar-refractivity contribution in [3.8, 4) is 17.2 Å². The van der Waals surface area contributed by atoms with Crippen molar-refractivity contribution >= 4 is 39.9 Å². The van der Waals surface area contributed by atoms with Gasteiger partial charge >= 0.3 is 0 Å². The van der Waals surface area contributed by atoms with Crippen molar-refractivity contribution < 1.29 is 23.8 Å². The Morgan fingerprint density at radius 2 is 1.55 bits per heavy atom. The zero-order valence-corrected chi connectivity index (χ0v) is 20.0. The Hall–Kier alpha value is -3.45. The van der Waals surface area contributed by atoms with Crippen molar-refractivity contribution in [2.75, 3.05) is 26.1 Å². The average molecular weight is 471 g/mol. The highest BCUT2D eigenvalue weighted by atomic mass is 35.5. The molecule has 0 aliphatic heterocycles. The largest absolute Gasteiger partial charge is 0.495 e. The Bertz CT molecular complexity index is 1190. The molecule has 8 heteroatoms. The molecule has 0 unspecified atom stereocenters. The summed E-state index contributed by atoms with van der Waals surface area (Å²) in [5, 5.41) is 7.76. The number of hydrogen-bond acceptors (Lipinski definition) is 5. The molecule has 3 aromatic carbocycles. The maximum atomic E-state index is 13.3. The molecule has 7 nitrogen and oxygen atoms in total. The molecule has 0 spiro atoms. The number of hydrogen-bond donors (Lipinski definition) is 2. The first-order chi connectivity index (χ1) is 15.6. The molecule has 174 valence electrons. The zero-order chi connectivity index (χ0) is 24.2. The molecular weight excluding hydrogens is 444 g/mol. The fourth-order valence-electron chi connectivity index (χ4n) is 3.26. The van der Waals surface area contributed by atoms with Crippen molar-refractivity contribution in [2.45, 2.75) is 26.3 Å². The third kappa shape index (κ3) is 6.08.